The molecule has 0 bridgehead atoms. The zero-order valence-electron chi connectivity index (χ0n) is 27.4. The number of amides is 2. The number of fused-ring (bicyclic) bond motifs is 7. The standard InChI is InChI=1S/C35H59N3O4/c1-22-10-15-35(41-21-22)23(2)32-29(42-35)19-28-26-9-8-24-18-25(11-13-33(24,3)27(26)12-14-34(28,32)4)37-31(40)20-30(39)36-16-7-17-38(5)6/h22-29,32H,7-21H2,1-6H3,(H,36,39)(H,37,40)/t22-,23+,24-,25-,26-,27+,28+,29+,32+,33+,34+,35-/m1/s1. The maximum absolute atomic E-state index is 12.7. The largest absolute Gasteiger partial charge is 0.356 e. The Morgan fingerprint density at radius 1 is 0.905 bits per heavy atom. The van der Waals surface area contributed by atoms with E-state index in [0.29, 0.717) is 47.2 Å². The number of nitrogens with one attached hydrogen (secondary N) is 2. The van der Waals surface area contributed by atoms with Gasteiger partial charge in [0.2, 0.25) is 11.8 Å². The lowest BCUT2D eigenvalue weighted by atomic mass is 9.44. The maximum Gasteiger partial charge on any atom is 0.229 e. The van der Waals surface area contributed by atoms with E-state index in [2.05, 4.69) is 43.2 Å². The number of ether oxygens (including phenoxy) is 2. The van der Waals surface area contributed by atoms with Crippen molar-refractivity contribution in [1.29, 1.82) is 0 Å². The van der Waals surface area contributed by atoms with Crippen LogP contribution in [0.1, 0.15) is 105 Å². The first-order chi connectivity index (χ1) is 19.9. The van der Waals surface area contributed by atoms with Crippen molar-refractivity contribution in [3.05, 3.63) is 0 Å². The molecular weight excluding hydrogens is 526 g/mol. The average molecular weight is 586 g/mol. The number of rotatable bonds is 7. The summed E-state index contributed by atoms with van der Waals surface area (Å²) in [6.07, 6.45) is 13.3. The van der Waals surface area contributed by atoms with Gasteiger partial charge in [-0.25, -0.2) is 0 Å². The molecule has 0 aromatic rings. The van der Waals surface area contributed by atoms with E-state index in [0.717, 1.165) is 56.6 Å². The Bertz CT molecular complexity index is 1010. The number of hydrogen-bond acceptors (Lipinski definition) is 5. The molecular formula is C35H59N3O4. The van der Waals surface area contributed by atoms with Crippen LogP contribution in [-0.4, -0.2) is 68.4 Å². The molecule has 42 heavy (non-hydrogen) atoms. The number of nitrogens with zero attached hydrogens (tertiary/aromatic N) is 1. The van der Waals surface area contributed by atoms with Gasteiger partial charge in [-0.2, -0.15) is 0 Å². The van der Waals surface area contributed by atoms with E-state index in [4.69, 9.17) is 9.47 Å². The quantitative estimate of drug-likeness (QED) is 0.310. The topological polar surface area (TPSA) is 79.9 Å². The van der Waals surface area contributed by atoms with Crippen LogP contribution in [0.25, 0.3) is 0 Å². The summed E-state index contributed by atoms with van der Waals surface area (Å²) in [5.74, 6) is 4.17. The minimum absolute atomic E-state index is 0.0560. The van der Waals surface area contributed by atoms with Gasteiger partial charge in [-0.05, 0) is 131 Å². The first-order valence-corrected chi connectivity index (χ1v) is 17.5. The predicted octanol–water partition coefficient (Wildman–Crippen LogP) is 5.38. The van der Waals surface area contributed by atoms with E-state index < -0.39 is 0 Å². The Morgan fingerprint density at radius 2 is 1.69 bits per heavy atom. The fourth-order valence-corrected chi connectivity index (χ4v) is 11.5. The highest BCUT2D eigenvalue weighted by Crippen LogP contribution is 2.71. The lowest BCUT2D eigenvalue weighted by Crippen LogP contribution is -2.56. The van der Waals surface area contributed by atoms with E-state index in [9.17, 15) is 9.59 Å². The third-order valence-corrected chi connectivity index (χ3v) is 13.7. The maximum atomic E-state index is 12.7. The zero-order chi connectivity index (χ0) is 29.9. The van der Waals surface area contributed by atoms with Gasteiger partial charge in [-0.1, -0.05) is 27.7 Å². The molecule has 2 N–H and O–H groups in total. The van der Waals surface area contributed by atoms with E-state index >= 15 is 0 Å². The molecule has 4 aliphatic carbocycles. The summed E-state index contributed by atoms with van der Waals surface area (Å²) in [5.41, 5.74) is 0.728. The van der Waals surface area contributed by atoms with Gasteiger partial charge in [0.25, 0.3) is 0 Å². The van der Waals surface area contributed by atoms with Crippen molar-refractivity contribution in [2.75, 3.05) is 33.8 Å². The SMILES string of the molecule is C[C@@H]1CC[C@@]2(OC1)O[C@H]1C[C@H]3[C@@H]4CC[C@@H]5C[C@H](NC(=O)CC(=O)NCCCN(C)C)CC[C@]5(C)[C@H]4CC[C@]3(C)[C@H]1[C@@H]2C. The van der Waals surface area contributed by atoms with Gasteiger partial charge in [0.05, 0.1) is 12.7 Å². The Kier molecular flexibility index (Phi) is 8.54. The van der Waals surface area contributed by atoms with Crippen LogP contribution >= 0.6 is 0 Å². The normalized spacial score (nSPS) is 47.8. The third-order valence-electron chi connectivity index (χ3n) is 13.7. The molecule has 0 unspecified atom stereocenters. The van der Waals surface area contributed by atoms with Gasteiger partial charge in [0.1, 0.15) is 6.42 Å². The van der Waals surface area contributed by atoms with Crippen LogP contribution in [0.15, 0.2) is 0 Å². The van der Waals surface area contributed by atoms with Crippen LogP contribution < -0.4 is 10.6 Å². The fourth-order valence-electron chi connectivity index (χ4n) is 11.5. The van der Waals surface area contributed by atoms with Crippen molar-refractivity contribution in [2.45, 2.75) is 123 Å². The van der Waals surface area contributed by atoms with Crippen LogP contribution in [0.3, 0.4) is 0 Å². The second-order valence-corrected chi connectivity index (χ2v) is 16.4. The van der Waals surface area contributed by atoms with Gasteiger partial charge < -0.3 is 25.0 Å². The molecule has 238 valence electrons. The molecule has 7 heteroatoms. The number of hydrogen-bond donors (Lipinski definition) is 2. The summed E-state index contributed by atoms with van der Waals surface area (Å²) in [5, 5.41) is 6.15. The van der Waals surface area contributed by atoms with E-state index in [-0.39, 0.29) is 30.1 Å². The highest BCUT2D eigenvalue weighted by Gasteiger charge is 2.69. The van der Waals surface area contributed by atoms with Crippen LogP contribution in [0.2, 0.25) is 0 Å². The molecule has 12 atom stereocenters. The molecule has 2 aliphatic heterocycles. The molecule has 0 aromatic carbocycles. The van der Waals surface area contributed by atoms with Crippen LogP contribution in [0.5, 0.6) is 0 Å². The average Bonchev–Trinajstić information content (AvgIpc) is 3.38. The van der Waals surface area contributed by atoms with Gasteiger partial charge in [0.15, 0.2) is 5.79 Å². The highest BCUT2D eigenvalue weighted by molar-refractivity contribution is 5.96. The molecule has 6 aliphatic rings. The highest BCUT2D eigenvalue weighted by atomic mass is 16.7. The third kappa shape index (κ3) is 5.36. The molecule has 6 rings (SSSR count). The fraction of sp³-hybridized carbons (Fsp3) is 0.943. The lowest BCUT2D eigenvalue weighted by molar-refractivity contribution is -0.273. The first kappa shape index (κ1) is 30.8. The second kappa shape index (κ2) is 11.6. The summed E-state index contributed by atoms with van der Waals surface area (Å²) in [6, 6.07) is 0.206. The smallest absolute Gasteiger partial charge is 0.229 e. The van der Waals surface area contributed by atoms with Crippen LogP contribution in [0, 0.1) is 52.3 Å². The minimum atomic E-state index is -0.327. The van der Waals surface area contributed by atoms with Crippen molar-refractivity contribution in [3.8, 4) is 0 Å². The molecule has 0 aromatic heterocycles. The first-order valence-electron chi connectivity index (χ1n) is 17.5. The Morgan fingerprint density at radius 3 is 2.43 bits per heavy atom. The van der Waals surface area contributed by atoms with Crippen molar-refractivity contribution in [3.63, 3.8) is 0 Å². The van der Waals surface area contributed by atoms with Crippen LogP contribution in [0.4, 0.5) is 0 Å². The van der Waals surface area contributed by atoms with E-state index in [1.807, 2.05) is 14.1 Å². The van der Waals surface area contributed by atoms with Crippen molar-refractivity contribution in [2.24, 2.45) is 52.3 Å². The molecule has 2 saturated heterocycles. The van der Waals surface area contributed by atoms with Crippen LogP contribution in [-0.2, 0) is 19.1 Å². The number of carbonyl (C=O) groups excluding carboxylic acids is 2. The molecule has 6 fully saturated rings. The molecule has 7 nitrogen and oxygen atoms in total. The Balaban J connectivity index is 1.04. The summed E-state index contributed by atoms with van der Waals surface area (Å²) in [4.78, 5) is 27.1. The van der Waals surface area contributed by atoms with Crippen molar-refractivity contribution < 1.29 is 19.1 Å². The summed E-state index contributed by atoms with van der Waals surface area (Å²) < 4.78 is 13.5. The minimum Gasteiger partial charge on any atom is -0.356 e. The second-order valence-electron chi connectivity index (χ2n) is 16.4. The number of carbonyl (C=O) groups is 2. The van der Waals surface area contributed by atoms with Crippen molar-refractivity contribution >= 4 is 11.8 Å². The molecule has 1 spiro atoms. The Labute approximate surface area is 255 Å². The molecule has 2 heterocycles. The zero-order valence-corrected chi connectivity index (χ0v) is 27.4. The predicted molar refractivity (Wildman–Crippen MR) is 164 cm³/mol. The molecule has 0 radical (unpaired) electrons. The summed E-state index contributed by atoms with van der Waals surface area (Å²) >= 11 is 0. The Hall–Kier alpha value is -1.18. The molecule has 4 saturated carbocycles. The van der Waals surface area contributed by atoms with Gasteiger partial charge in [-0.15, -0.1) is 0 Å². The lowest BCUT2D eigenvalue weighted by Gasteiger charge is -2.61. The molecule has 2 amide bonds. The monoisotopic (exact) mass is 585 g/mol. The summed E-state index contributed by atoms with van der Waals surface area (Å²) in [7, 11) is 4.05. The van der Waals surface area contributed by atoms with Crippen molar-refractivity contribution in [1.82, 2.24) is 15.5 Å². The van der Waals surface area contributed by atoms with Gasteiger partial charge >= 0.3 is 0 Å². The van der Waals surface area contributed by atoms with Gasteiger partial charge in [-0.3, -0.25) is 9.59 Å². The van der Waals surface area contributed by atoms with E-state index in [1.165, 1.54) is 44.9 Å². The van der Waals surface area contributed by atoms with E-state index in [1.54, 1.807) is 0 Å². The van der Waals surface area contributed by atoms with Gasteiger partial charge in [0, 0.05) is 24.9 Å². The summed E-state index contributed by atoms with van der Waals surface area (Å²) in [6.45, 7) is 12.4.